The number of hydrogen-bond acceptors (Lipinski definition) is 1. The Morgan fingerprint density at radius 1 is 1.28 bits per heavy atom. The Morgan fingerprint density at radius 2 is 2.06 bits per heavy atom. The summed E-state index contributed by atoms with van der Waals surface area (Å²) in [6.07, 6.45) is 9.24. The lowest BCUT2D eigenvalue weighted by Gasteiger charge is -2.10. The zero-order valence-corrected chi connectivity index (χ0v) is 10.8. The summed E-state index contributed by atoms with van der Waals surface area (Å²) in [5.41, 5.74) is 1.67. The predicted octanol–water partition coefficient (Wildman–Crippen LogP) is 4.35. The molecular weight excluding hydrogens is 227 g/mol. The van der Waals surface area contributed by atoms with Crippen molar-refractivity contribution >= 4 is 6.08 Å². The molecule has 3 rings (SSSR count). The third kappa shape index (κ3) is 2.74. The molecule has 0 radical (unpaired) electrons. The SMILES string of the molecule is Cc1c(/C=C/C2CC2)ccc(OCC2CC2)c1F. The predicted molar refractivity (Wildman–Crippen MR) is 71.1 cm³/mol. The third-order valence-electron chi connectivity index (χ3n) is 3.73. The van der Waals surface area contributed by atoms with Gasteiger partial charge in [-0.25, -0.2) is 4.39 Å². The molecule has 0 N–H and O–H groups in total. The van der Waals surface area contributed by atoms with Crippen molar-refractivity contribution in [2.45, 2.75) is 32.6 Å². The molecular formula is C16H19FO. The molecule has 0 spiro atoms. The Morgan fingerprint density at radius 3 is 2.72 bits per heavy atom. The van der Waals surface area contributed by atoms with E-state index in [9.17, 15) is 4.39 Å². The quantitative estimate of drug-likeness (QED) is 0.750. The van der Waals surface area contributed by atoms with Crippen LogP contribution in [0.25, 0.3) is 6.08 Å². The summed E-state index contributed by atoms with van der Waals surface area (Å²) < 4.78 is 19.6. The molecule has 0 aliphatic heterocycles. The molecule has 1 nitrogen and oxygen atoms in total. The topological polar surface area (TPSA) is 9.23 Å². The molecule has 0 atom stereocenters. The van der Waals surface area contributed by atoms with Crippen molar-refractivity contribution in [3.8, 4) is 5.75 Å². The molecule has 1 aromatic carbocycles. The van der Waals surface area contributed by atoms with Crippen molar-refractivity contribution in [3.05, 3.63) is 35.2 Å². The number of ether oxygens (including phenoxy) is 1. The highest BCUT2D eigenvalue weighted by atomic mass is 19.1. The second kappa shape index (κ2) is 4.75. The van der Waals surface area contributed by atoms with Crippen LogP contribution in [0.3, 0.4) is 0 Å². The molecule has 2 heteroatoms. The largest absolute Gasteiger partial charge is 0.490 e. The molecule has 2 fully saturated rings. The van der Waals surface area contributed by atoms with Crippen LogP contribution in [0.1, 0.15) is 36.8 Å². The van der Waals surface area contributed by atoms with Gasteiger partial charge >= 0.3 is 0 Å². The first-order valence-electron chi connectivity index (χ1n) is 6.84. The molecule has 18 heavy (non-hydrogen) atoms. The van der Waals surface area contributed by atoms with Gasteiger partial charge in [-0.15, -0.1) is 0 Å². The summed E-state index contributed by atoms with van der Waals surface area (Å²) in [6, 6.07) is 3.72. The molecule has 0 bridgehead atoms. The van der Waals surface area contributed by atoms with Gasteiger partial charge < -0.3 is 4.74 Å². The average molecular weight is 246 g/mol. The van der Waals surface area contributed by atoms with E-state index in [-0.39, 0.29) is 5.82 Å². The first-order valence-corrected chi connectivity index (χ1v) is 6.84. The minimum Gasteiger partial charge on any atom is -0.490 e. The molecule has 0 aromatic heterocycles. The fraction of sp³-hybridized carbons (Fsp3) is 0.500. The van der Waals surface area contributed by atoms with Gasteiger partial charge in [0.2, 0.25) is 0 Å². The van der Waals surface area contributed by atoms with Crippen LogP contribution in [0.4, 0.5) is 4.39 Å². The lowest BCUT2D eigenvalue weighted by molar-refractivity contribution is 0.284. The van der Waals surface area contributed by atoms with Crippen LogP contribution >= 0.6 is 0 Å². The second-order valence-electron chi connectivity index (χ2n) is 5.54. The summed E-state index contributed by atoms with van der Waals surface area (Å²) in [5, 5.41) is 0. The van der Waals surface area contributed by atoms with E-state index < -0.39 is 0 Å². The van der Waals surface area contributed by atoms with Gasteiger partial charge in [-0.1, -0.05) is 18.2 Å². The Balaban J connectivity index is 1.73. The van der Waals surface area contributed by atoms with Crippen molar-refractivity contribution in [2.75, 3.05) is 6.61 Å². The molecule has 2 aliphatic carbocycles. The Bertz CT molecular complexity index is 470. The van der Waals surface area contributed by atoms with Crippen molar-refractivity contribution in [1.29, 1.82) is 0 Å². The van der Waals surface area contributed by atoms with E-state index in [1.165, 1.54) is 25.7 Å². The zero-order chi connectivity index (χ0) is 12.5. The highest BCUT2D eigenvalue weighted by molar-refractivity contribution is 5.56. The van der Waals surface area contributed by atoms with Gasteiger partial charge in [-0.3, -0.25) is 0 Å². The maximum Gasteiger partial charge on any atom is 0.168 e. The molecule has 2 saturated carbocycles. The third-order valence-corrected chi connectivity index (χ3v) is 3.73. The van der Waals surface area contributed by atoms with Crippen molar-refractivity contribution in [3.63, 3.8) is 0 Å². The molecule has 0 amide bonds. The molecule has 0 saturated heterocycles. The van der Waals surface area contributed by atoms with Crippen LogP contribution < -0.4 is 4.74 Å². The standard InChI is InChI=1S/C16H19FO/c1-11-14(7-6-12-2-3-12)8-9-15(16(11)17)18-10-13-4-5-13/h6-9,12-13H,2-5,10H2,1H3/b7-6+. The summed E-state index contributed by atoms with van der Waals surface area (Å²) in [5.74, 6) is 1.58. The van der Waals surface area contributed by atoms with Gasteiger partial charge in [0.25, 0.3) is 0 Å². The fourth-order valence-electron chi connectivity index (χ4n) is 1.99. The van der Waals surface area contributed by atoms with E-state index in [2.05, 4.69) is 6.08 Å². The van der Waals surface area contributed by atoms with Crippen LogP contribution in [0.15, 0.2) is 18.2 Å². The summed E-state index contributed by atoms with van der Waals surface area (Å²) in [4.78, 5) is 0. The van der Waals surface area contributed by atoms with Crippen LogP contribution in [0, 0.1) is 24.6 Å². The molecule has 2 aliphatic rings. The Labute approximate surface area is 108 Å². The molecule has 1 aromatic rings. The number of allylic oxidation sites excluding steroid dienone is 1. The number of rotatable bonds is 5. The minimum absolute atomic E-state index is 0.200. The summed E-state index contributed by atoms with van der Waals surface area (Å²) in [6.45, 7) is 2.49. The number of hydrogen-bond donors (Lipinski definition) is 0. The maximum atomic E-state index is 14.1. The van der Waals surface area contributed by atoms with Gasteiger partial charge in [0.15, 0.2) is 11.6 Å². The van der Waals surface area contributed by atoms with E-state index in [0.29, 0.717) is 23.8 Å². The van der Waals surface area contributed by atoms with Crippen molar-refractivity contribution in [2.24, 2.45) is 11.8 Å². The molecule has 0 heterocycles. The lowest BCUT2D eigenvalue weighted by Crippen LogP contribution is -2.02. The van der Waals surface area contributed by atoms with E-state index in [1.807, 2.05) is 19.1 Å². The maximum absolute atomic E-state index is 14.1. The van der Waals surface area contributed by atoms with E-state index >= 15 is 0 Å². The van der Waals surface area contributed by atoms with Gasteiger partial charge in [0.1, 0.15) is 0 Å². The van der Waals surface area contributed by atoms with Gasteiger partial charge in [-0.05, 0) is 61.6 Å². The summed E-state index contributed by atoms with van der Waals surface area (Å²) >= 11 is 0. The number of halogens is 1. The van der Waals surface area contributed by atoms with E-state index in [1.54, 1.807) is 6.07 Å². The van der Waals surface area contributed by atoms with E-state index in [0.717, 1.165) is 11.5 Å². The first-order chi connectivity index (χ1) is 8.74. The van der Waals surface area contributed by atoms with Crippen LogP contribution in [0.2, 0.25) is 0 Å². The smallest absolute Gasteiger partial charge is 0.168 e. The Hall–Kier alpha value is -1.31. The normalized spacial score (nSPS) is 19.4. The number of benzene rings is 1. The van der Waals surface area contributed by atoms with Crippen LogP contribution in [-0.2, 0) is 0 Å². The van der Waals surface area contributed by atoms with Crippen LogP contribution in [0.5, 0.6) is 5.75 Å². The summed E-state index contributed by atoms with van der Waals surface area (Å²) in [7, 11) is 0. The fourth-order valence-corrected chi connectivity index (χ4v) is 1.99. The van der Waals surface area contributed by atoms with E-state index in [4.69, 9.17) is 4.74 Å². The average Bonchev–Trinajstić information content (AvgIpc) is 3.24. The van der Waals surface area contributed by atoms with Crippen molar-refractivity contribution < 1.29 is 9.13 Å². The monoisotopic (exact) mass is 246 g/mol. The minimum atomic E-state index is -0.200. The van der Waals surface area contributed by atoms with Gasteiger partial charge in [0, 0.05) is 0 Å². The Kier molecular flexibility index (Phi) is 3.11. The van der Waals surface area contributed by atoms with Gasteiger partial charge in [-0.2, -0.15) is 0 Å². The lowest BCUT2D eigenvalue weighted by atomic mass is 10.1. The zero-order valence-electron chi connectivity index (χ0n) is 10.8. The first kappa shape index (κ1) is 11.8. The molecule has 96 valence electrons. The van der Waals surface area contributed by atoms with Crippen LogP contribution in [-0.4, -0.2) is 6.61 Å². The highest BCUT2D eigenvalue weighted by Crippen LogP contribution is 2.33. The highest BCUT2D eigenvalue weighted by Gasteiger charge is 2.23. The molecule has 0 unspecified atom stereocenters. The van der Waals surface area contributed by atoms with Gasteiger partial charge in [0.05, 0.1) is 6.61 Å². The second-order valence-corrected chi connectivity index (χ2v) is 5.54. The van der Waals surface area contributed by atoms with Crippen molar-refractivity contribution in [1.82, 2.24) is 0 Å².